The molecule has 0 radical (unpaired) electrons. The van der Waals surface area contributed by atoms with Crippen molar-refractivity contribution in [3.05, 3.63) is 35.7 Å². The van der Waals surface area contributed by atoms with Crippen molar-refractivity contribution in [3.63, 3.8) is 0 Å². The smallest absolute Gasteiger partial charge is 0.266 e. The van der Waals surface area contributed by atoms with Gasteiger partial charge in [0, 0.05) is 24.9 Å². The number of benzene rings is 1. The van der Waals surface area contributed by atoms with Gasteiger partial charge in [-0.25, -0.2) is 0 Å². The Bertz CT molecular complexity index is 799. The predicted octanol–water partition coefficient (Wildman–Crippen LogP) is 3.10. The van der Waals surface area contributed by atoms with Gasteiger partial charge in [0.2, 0.25) is 5.89 Å². The molecule has 1 aromatic carbocycles. The first kappa shape index (κ1) is 17.0. The number of hydrogen-bond acceptors (Lipinski definition) is 6. The lowest BCUT2D eigenvalue weighted by molar-refractivity contribution is 0.0352. The minimum Gasteiger partial charge on any atom is -0.497 e. The van der Waals surface area contributed by atoms with E-state index in [2.05, 4.69) is 40.1 Å². The van der Waals surface area contributed by atoms with Crippen molar-refractivity contribution in [2.45, 2.75) is 50.6 Å². The molecule has 0 unspecified atom stereocenters. The van der Waals surface area contributed by atoms with Gasteiger partial charge in [0.15, 0.2) is 0 Å². The topological polar surface area (TPSA) is 54.6 Å². The van der Waals surface area contributed by atoms with Crippen molar-refractivity contribution >= 4 is 5.95 Å². The molecule has 5 heterocycles. The lowest BCUT2D eigenvalue weighted by Crippen LogP contribution is -2.60. The SMILES string of the molecule is CCCc1nc(N2C[C@@H](c3cccc(OC)c3)[C@@H]3[C@H]2C2CCN3CC2)no1. The van der Waals surface area contributed by atoms with Crippen LogP contribution in [0.25, 0.3) is 0 Å². The Labute approximate surface area is 160 Å². The quantitative estimate of drug-likeness (QED) is 0.808. The Morgan fingerprint density at radius 1 is 1.22 bits per heavy atom. The maximum atomic E-state index is 5.52. The third-order valence-electron chi connectivity index (χ3n) is 6.69. The van der Waals surface area contributed by atoms with Gasteiger partial charge in [0.05, 0.1) is 13.2 Å². The van der Waals surface area contributed by atoms with Crippen molar-refractivity contribution in [2.75, 3.05) is 31.6 Å². The second-order valence-corrected chi connectivity index (χ2v) is 8.13. The Morgan fingerprint density at radius 3 is 2.85 bits per heavy atom. The Hall–Kier alpha value is -2.08. The summed E-state index contributed by atoms with van der Waals surface area (Å²) in [6.45, 7) is 5.52. The predicted molar refractivity (Wildman–Crippen MR) is 103 cm³/mol. The summed E-state index contributed by atoms with van der Waals surface area (Å²) in [7, 11) is 1.74. The van der Waals surface area contributed by atoms with E-state index in [1.807, 2.05) is 6.07 Å². The first-order valence-electron chi connectivity index (χ1n) is 10.3. The van der Waals surface area contributed by atoms with Crippen LogP contribution in [-0.4, -0.2) is 53.9 Å². The average molecular weight is 368 g/mol. The van der Waals surface area contributed by atoms with Gasteiger partial charge in [-0.05, 0) is 61.1 Å². The number of rotatable bonds is 5. The Balaban J connectivity index is 1.51. The van der Waals surface area contributed by atoms with Crippen LogP contribution in [0.5, 0.6) is 5.75 Å². The number of ether oxygens (including phenoxy) is 1. The third kappa shape index (κ3) is 2.81. The van der Waals surface area contributed by atoms with Gasteiger partial charge < -0.3 is 14.2 Å². The summed E-state index contributed by atoms with van der Waals surface area (Å²) in [6.07, 6.45) is 4.44. The molecule has 1 aromatic heterocycles. The number of methoxy groups -OCH3 is 1. The van der Waals surface area contributed by atoms with Crippen molar-refractivity contribution in [2.24, 2.45) is 5.92 Å². The molecule has 27 heavy (non-hydrogen) atoms. The molecule has 0 spiro atoms. The zero-order chi connectivity index (χ0) is 18.4. The number of aryl methyl sites for hydroxylation is 1. The minimum atomic E-state index is 0.446. The van der Waals surface area contributed by atoms with Gasteiger partial charge in [-0.1, -0.05) is 19.1 Å². The van der Waals surface area contributed by atoms with E-state index in [0.717, 1.165) is 42.9 Å². The number of fused-ring (bicyclic) bond motifs is 2. The molecule has 4 fully saturated rings. The van der Waals surface area contributed by atoms with Crippen molar-refractivity contribution in [3.8, 4) is 5.75 Å². The van der Waals surface area contributed by atoms with Crippen LogP contribution in [-0.2, 0) is 6.42 Å². The van der Waals surface area contributed by atoms with E-state index >= 15 is 0 Å². The van der Waals surface area contributed by atoms with Crippen molar-refractivity contribution in [1.82, 2.24) is 15.0 Å². The zero-order valence-electron chi connectivity index (χ0n) is 16.2. The molecule has 6 nitrogen and oxygen atoms in total. The molecule has 4 aliphatic heterocycles. The summed E-state index contributed by atoms with van der Waals surface area (Å²) in [6, 6.07) is 9.59. The highest BCUT2D eigenvalue weighted by molar-refractivity contribution is 5.43. The van der Waals surface area contributed by atoms with Gasteiger partial charge in [-0.2, -0.15) is 4.98 Å². The second kappa shape index (κ2) is 6.82. The van der Waals surface area contributed by atoms with Gasteiger partial charge >= 0.3 is 0 Å². The van der Waals surface area contributed by atoms with E-state index in [4.69, 9.17) is 14.2 Å². The van der Waals surface area contributed by atoms with Gasteiger partial charge in [-0.3, -0.25) is 4.90 Å². The molecule has 0 aliphatic carbocycles. The molecule has 4 saturated heterocycles. The summed E-state index contributed by atoms with van der Waals surface area (Å²) in [5, 5.41) is 4.35. The van der Waals surface area contributed by atoms with Crippen LogP contribution >= 0.6 is 0 Å². The van der Waals surface area contributed by atoms with E-state index in [-0.39, 0.29) is 0 Å². The van der Waals surface area contributed by atoms with E-state index in [0.29, 0.717) is 18.0 Å². The molecule has 4 aliphatic rings. The number of hydrogen-bond donors (Lipinski definition) is 0. The largest absolute Gasteiger partial charge is 0.497 e. The van der Waals surface area contributed by atoms with E-state index in [1.54, 1.807) is 7.11 Å². The third-order valence-corrected chi connectivity index (χ3v) is 6.69. The monoisotopic (exact) mass is 368 g/mol. The van der Waals surface area contributed by atoms with E-state index in [1.165, 1.54) is 31.5 Å². The van der Waals surface area contributed by atoms with E-state index in [9.17, 15) is 0 Å². The molecule has 0 saturated carbocycles. The molecule has 0 N–H and O–H groups in total. The lowest BCUT2D eigenvalue weighted by atomic mass is 9.75. The van der Waals surface area contributed by atoms with Gasteiger partial charge in [0.1, 0.15) is 5.75 Å². The van der Waals surface area contributed by atoms with Crippen LogP contribution in [0.2, 0.25) is 0 Å². The zero-order valence-corrected chi connectivity index (χ0v) is 16.2. The Morgan fingerprint density at radius 2 is 2.07 bits per heavy atom. The fourth-order valence-corrected chi connectivity index (χ4v) is 5.49. The van der Waals surface area contributed by atoms with Gasteiger partial charge in [-0.15, -0.1) is 0 Å². The number of nitrogens with zero attached hydrogens (tertiary/aromatic N) is 4. The number of anilines is 1. The molecule has 2 bridgehead atoms. The fourth-order valence-electron chi connectivity index (χ4n) is 5.49. The molecule has 6 heteroatoms. The first-order chi connectivity index (χ1) is 13.3. The van der Waals surface area contributed by atoms with Crippen LogP contribution < -0.4 is 9.64 Å². The average Bonchev–Trinajstić information content (AvgIpc) is 3.35. The molecule has 0 amide bonds. The summed E-state index contributed by atoms with van der Waals surface area (Å²) in [5.41, 5.74) is 1.36. The van der Waals surface area contributed by atoms with Crippen LogP contribution in [0.4, 0.5) is 5.95 Å². The lowest BCUT2D eigenvalue weighted by Gasteiger charge is -2.51. The maximum absolute atomic E-state index is 5.52. The van der Waals surface area contributed by atoms with Crippen LogP contribution in [0.15, 0.2) is 28.8 Å². The maximum Gasteiger partial charge on any atom is 0.266 e. The molecule has 144 valence electrons. The highest BCUT2D eigenvalue weighted by Gasteiger charge is 2.54. The molecular formula is C21H28N4O2. The molecular weight excluding hydrogens is 340 g/mol. The van der Waals surface area contributed by atoms with Crippen LogP contribution in [0, 0.1) is 5.92 Å². The number of aromatic nitrogens is 2. The first-order valence-corrected chi connectivity index (χ1v) is 10.3. The summed E-state index contributed by atoms with van der Waals surface area (Å²) in [5.74, 6) is 3.65. The normalized spacial score (nSPS) is 31.9. The summed E-state index contributed by atoms with van der Waals surface area (Å²) < 4.78 is 11.0. The van der Waals surface area contributed by atoms with Crippen LogP contribution in [0.1, 0.15) is 43.6 Å². The minimum absolute atomic E-state index is 0.446. The molecule has 6 rings (SSSR count). The van der Waals surface area contributed by atoms with E-state index < -0.39 is 0 Å². The molecule has 2 aromatic rings. The fraction of sp³-hybridized carbons (Fsp3) is 0.619. The molecule has 3 atom stereocenters. The standard InChI is InChI=1S/C21H28N4O2/c1-3-5-18-22-21(23-27-18)25-13-17(15-6-4-7-16(12-15)26-2)20-19(25)14-8-10-24(20)11-9-14/h4,6-7,12,14,17,19-20H,3,5,8-11,13H2,1-2H3/t17-,19+,20+/m0/s1. The Kier molecular flexibility index (Phi) is 4.31. The summed E-state index contributed by atoms with van der Waals surface area (Å²) in [4.78, 5) is 9.86. The highest BCUT2D eigenvalue weighted by Crippen LogP contribution is 2.47. The van der Waals surface area contributed by atoms with Crippen molar-refractivity contribution in [1.29, 1.82) is 0 Å². The summed E-state index contributed by atoms with van der Waals surface area (Å²) >= 11 is 0. The van der Waals surface area contributed by atoms with Gasteiger partial charge in [0.25, 0.3) is 5.95 Å². The van der Waals surface area contributed by atoms with Crippen LogP contribution in [0.3, 0.4) is 0 Å². The highest BCUT2D eigenvalue weighted by atomic mass is 16.5. The van der Waals surface area contributed by atoms with Crippen molar-refractivity contribution < 1.29 is 9.26 Å². The number of piperidine rings is 3. The second-order valence-electron chi connectivity index (χ2n) is 8.13.